The molecule has 0 N–H and O–H groups in total. The number of esters is 1. The van der Waals surface area contributed by atoms with E-state index in [1.165, 1.54) is 7.11 Å². The summed E-state index contributed by atoms with van der Waals surface area (Å²) in [7, 11) is 3.16. The highest BCUT2D eigenvalue weighted by Crippen LogP contribution is 2.29. The van der Waals surface area contributed by atoms with Gasteiger partial charge in [-0.1, -0.05) is 18.2 Å². The van der Waals surface area contributed by atoms with Gasteiger partial charge in [-0.3, -0.25) is 0 Å². The molecule has 0 amide bonds. The molecule has 0 saturated heterocycles. The SMILES string of the molecule is C=C(Cl)/C=C(C(=O)OC)\C(C)=C(/C)N(CC)C1CCC(OC)CC1. The second-order valence-electron chi connectivity index (χ2n) is 6.16. The average molecular weight is 356 g/mol. The van der Waals surface area contributed by atoms with E-state index in [2.05, 4.69) is 25.3 Å². The van der Waals surface area contributed by atoms with Crippen LogP contribution < -0.4 is 0 Å². The number of halogens is 1. The molecule has 0 aromatic carbocycles. The van der Waals surface area contributed by atoms with Crippen molar-refractivity contribution < 1.29 is 14.3 Å². The number of hydrogen-bond acceptors (Lipinski definition) is 4. The molecule has 0 radical (unpaired) electrons. The Bertz CT molecular complexity index is 517. The van der Waals surface area contributed by atoms with Gasteiger partial charge in [0.2, 0.25) is 0 Å². The minimum atomic E-state index is -0.396. The Morgan fingerprint density at radius 1 is 1.25 bits per heavy atom. The summed E-state index contributed by atoms with van der Waals surface area (Å²) in [6, 6.07) is 0.467. The van der Waals surface area contributed by atoms with E-state index >= 15 is 0 Å². The fourth-order valence-electron chi connectivity index (χ4n) is 3.36. The summed E-state index contributed by atoms with van der Waals surface area (Å²) < 4.78 is 10.4. The van der Waals surface area contributed by atoms with Crippen molar-refractivity contribution >= 4 is 17.6 Å². The lowest BCUT2D eigenvalue weighted by Crippen LogP contribution is -2.38. The number of methoxy groups -OCH3 is 2. The van der Waals surface area contributed by atoms with E-state index in [4.69, 9.17) is 21.1 Å². The monoisotopic (exact) mass is 355 g/mol. The van der Waals surface area contributed by atoms with E-state index in [1.807, 2.05) is 6.92 Å². The van der Waals surface area contributed by atoms with Crippen molar-refractivity contribution in [2.45, 2.75) is 58.6 Å². The smallest absolute Gasteiger partial charge is 0.338 e. The molecule has 0 aromatic heterocycles. The minimum absolute atomic E-state index is 0.311. The standard InChI is InChI=1S/C19H30ClNO3/c1-7-21(16-8-10-17(23-5)11-9-16)15(4)14(3)18(12-13(2)20)19(22)24-6/h12,16-17H,2,7-11H2,1,3-6H3/b15-14+,18-12+. The maximum atomic E-state index is 12.1. The third kappa shape index (κ3) is 5.38. The molecule has 1 fully saturated rings. The molecule has 0 atom stereocenters. The zero-order valence-electron chi connectivity index (χ0n) is 15.5. The Labute approximate surface area is 151 Å². The van der Waals surface area contributed by atoms with E-state index < -0.39 is 5.97 Å². The van der Waals surface area contributed by atoms with Gasteiger partial charge >= 0.3 is 5.97 Å². The summed E-state index contributed by atoms with van der Waals surface area (Å²) in [6.07, 6.45) is 6.27. The lowest BCUT2D eigenvalue weighted by molar-refractivity contribution is -0.135. The molecule has 24 heavy (non-hydrogen) atoms. The quantitative estimate of drug-likeness (QED) is 0.385. The van der Waals surface area contributed by atoms with Crippen LogP contribution in [-0.4, -0.2) is 43.8 Å². The highest BCUT2D eigenvalue weighted by Gasteiger charge is 2.26. The van der Waals surface area contributed by atoms with Gasteiger partial charge in [0.25, 0.3) is 0 Å². The summed E-state index contributed by atoms with van der Waals surface area (Å²) in [5.41, 5.74) is 2.41. The topological polar surface area (TPSA) is 38.8 Å². The molecule has 1 rings (SSSR count). The van der Waals surface area contributed by atoms with Gasteiger partial charge < -0.3 is 14.4 Å². The summed E-state index contributed by atoms with van der Waals surface area (Å²) in [5.74, 6) is -0.396. The van der Waals surface area contributed by atoms with Crippen LogP contribution in [0.3, 0.4) is 0 Å². The number of allylic oxidation sites excluding steroid dienone is 3. The van der Waals surface area contributed by atoms with Crippen LogP contribution in [0.1, 0.15) is 46.5 Å². The maximum absolute atomic E-state index is 12.1. The Morgan fingerprint density at radius 2 is 1.83 bits per heavy atom. The van der Waals surface area contributed by atoms with Crippen molar-refractivity contribution in [1.29, 1.82) is 0 Å². The van der Waals surface area contributed by atoms with Crippen molar-refractivity contribution in [3.05, 3.63) is 34.5 Å². The fraction of sp³-hybridized carbons (Fsp3) is 0.632. The molecule has 0 bridgehead atoms. The number of ether oxygens (including phenoxy) is 2. The first-order chi connectivity index (χ1) is 11.3. The van der Waals surface area contributed by atoms with Crippen LogP contribution in [0.2, 0.25) is 0 Å². The first kappa shape index (κ1) is 20.8. The Kier molecular flexibility index (Phi) is 8.57. The lowest BCUT2D eigenvalue weighted by Gasteiger charge is -2.38. The molecule has 0 spiro atoms. The highest BCUT2D eigenvalue weighted by atomic mass is 35.5. The normalized spacial score (nSPS) is 22.7. The molecular formula is C19H30ClNO3. The van der Waals surface area contributed by atoms with E-state index in [9.17, 15) is 4.79 Å². The van der Waals surface area contributed by atoms with Gasteiger partial charge in [-0.25, -0.2) is 4.79 Å². The molecule has 1 aliphatic carbocycles. The van der Waals surface area contributed by atoms with Crippen LogP contribution in [0.15, 0.2) is 34.5 Å². The number of nitrogens with zero attached hydrogens (tertiary/aromatic N) is 1. The molecule has 0 aromatic rings. The molecule has 1 saturated carbocycles. The van der Waals surface area contributed by atoms with Gasteiger partial charge in [-0.15, -0.1) is 0 Å². The molecular weight excluding hydrogens is 326 g/mol. The summed E-state index contributed by atoms with van der Waals surface area (Å²) in [5, 5.41) is 0.311. The van der Waals surface area contributed by atoms with Crippen molar-refractivity contribution in [3.8, 4) is 0 Å². The highest BCUT2D eigenvalue weighted by molar-refractivity contribution is 6.31. The van der Waals surface area contributed by atoms with Crippen LogP contribution in [-0.2, 0) is 14.3 Å². The molecule has 1 aliphatic rings. The maximum Gasteiger partial charge on any atom is 0.338 e. The van der Waals surface area contributed by atoms with Crippen molar-refractivity contribution in [1.82, 2.24) is 4.90 Å². The largest absolute Gasteiger partial charge is 0.465 e. The number of rotatable bonds is 7. The van der Waals surface area contributed by atoms with Gasteiger partial charge in [0.15, 0.2) is 0 Å². The molecule has 136 valence electrons. The predicted molar refractivity (Wildman–Crippen MR) is 98.9 cm³/mol. The van der Waals surface area contributed by atoms with Crippen LogP contribution in [0.25, 0.3) is 0 Å². The molecule has 5 heteroatoms. The van der Waals surface area contributed by atoms with Gasteiger partial charge in [0, 0.05) is 30.4 Å². The fourth-order valence-corrected chi connectivity index (χ4v) is 3.47. The second kappa shape index (κ2) is 9.90. The van der Waals surface area contributed by atoms with E-state index in [-0.39, 0.29) is 0 Å². The van der Waals surface area contributed by atoms with Gasteiger partial charge in [0.1, 0.15) is 0 Å². The predicted octanol–water partition coefficient (Wildman–Crippen LogP) is 4.41. The number of carbonyl (C=O) groups is 1. The zero-order valence-corrected chi connectivity index (χ0v) is 16.3. The molecule has 4 nitrogen and oxygen atoms in total. The molecule has 0 unspecified atom stereocenters. The second-order valence-corrected chi connectivity index (χ2v) is 6.64. The minimum Gasteiger partial charge on any atom is -0.465 e. The van der Waals surface area contributed by atoms with Crippen LogP contribution in [0.5, 0.6) is 0 Å². The summed E-state index contributed by atoms with van der Waals surface area (Å²) >= 11 is 5.89. The third-order valence-corrected chi connectivity index (χ3v) is 4.95. The Hall–Kier alpha value is -1.26. The number of carbonyl (C=O) groups excluding carboxylic acids is 1. The zero-order chi connectivity index (χ0) is 18.3. The van der Waals surface area contributed by atoms with Crippen molar-refractivity contribution in [2.24, 2.45) is 0 Å². The van der Waals surface area contributed by atoms with Crippen LogP contribution in [0, 0.1) is 0 Å². The Balaban J connectivity index is 3.07. The van der Waals surface area contributed by atoms with E-state index in [1.54, 1.807) is 13.2 Å². The van der Waals surface area contributed by atoms with Gasteiger partial charge in [0.05, 0.1) is 18.8 Å². The van der Waals surface area contributed by atoms with Gasteiger partial charge in [-0.05, 0) is 58.1 Å². The molecule has 0 heterocycles. The molecule has 0 aliphatic heterocycles. The lowest BCUT2D eigenvalue weighted by atomic mass is 9.91. The van der Waals surface area contributed by atoms with Crippen molar-refractivity contribution in [3.63, 3.8) is 0 Å². The van der Waals surface area contributed by atoms with E-state index in [0.717, 1.165) is 43.5 Å². The summed E-state index contributed by atoms with van der Waals surface area (Å²) in [6.45, 7) is 10.7. The number of hydrogen-bond donors (Lipinski definition) is 0. The van der Waals surface area contributed by atoms with Crippen LogP contribution >= 0.6 is 11.6 Å². The average Bonchev–Trinajstić information content (AvgIpc) is 2.59. The van der Waals surface area contributed by atoms with E-state index in [0.29, 0.717) is 22.8 Å². The summed E-state index contributed by atoms with van der Waals surface area (Å²) in [4.78, 5) is 14.5. The first-order valence-electron chi connectivity index (χ1n) is 8.47. The van der Waals surface area contributed by atoms with Crippen molar-refractivity contribution in [2.75, 3.05) is 20.8 Å². The Morgan fingerprint density at radius 3 is 2.25 bits per heavy atom. The first-order valence-corrected chi connectivity index (χ1v) is 8.85. The van der Waals surface area contributed by atoms with Gasteiger partial charge in [-0.2, -0.15) is 0 Å². The van der Waals surface area contributed by atoms with Crippen LogP contribution in [0.4, 0.5) is 0 Å². The third-order valence-electron chi connectivity index (χ3n) is 4.84.